The Morgan fingerprint density at radius 2 is 2.31 bits per heavy atom. The summed E-state index contributed by atoms with van der Waals surface area (Å²) >= 11 is 0. The zero-order valence-corrected chi connectivity index (χ0v) is 8.96. The summed E-state index contributed by atoms with van der Waals surface area (Å²) in [6.45, 7) is 0.814. The second-order valence-corrected chi connectivity index (χ2v) is 3.26. The summed E-state index contributed by atoms with van der Waals surface area (Å²) in [5.74, 6) is 0. The van der Waals surface area contributed by atoms with E-state index in [0.717, 1.165) is 0 Å². The normalized spacial score (nSPS) is 9.81. The van der Waals surface area contributed by atoms with Crippen molar-refractivity contribution in [3.63, 3.8) is 0 Å². The third-order valence-electron chi connectivity index (χ3n) is 2.01. The Morgan fingerprint density at radius 3 is 2.88 bits per heavy atom. The molecule has 0 unspecified atom stereocenters. The number of carboxylic acid groups (broad SMARTS) is 1. The molecule has 0 aromatic carbocycles. The first-order valence-electron chi connectivity index (χ1n) is 4.81. The summed E-state index contributed by atoms with van der Waals surface area (Å²) in [5.41, 5.74) is 0. The van der Waals surface area contributed by atoms with Crippen LogP contribution in [0.3, 0.4) is 0 Å². The molecule has 1 aromatic rings. The monoisotopic (exact) mass is 226 g/mol. The molecule has 16 heavy (non-hydrogen) atoms. The van der Waals surface area contributed by atoms with Crippen molar-refractivity contribution in [3.8, 4) is 0 Å². The highest BCUT2D eigenvalue weighted by Gasteiger charge is 2.05. The molecule has 7 heteroatoms. The van der Waals surface area contributed by atoms with Gasteiger partial charge in [0.1, 0.15) is 6.33 Å². The smallest absolute Gasteiger partial charge is 0.407 e. The Morgan fingerprint density at radius 1 is 1.56 bits per heavy atom. The van der Waals surface area contributed by atoms with Crippen LogP contribution >= 0.6 is 0 Å². The van der Waals surface area contributed by atoms with Crippen molar-refractivity contribution < 1.29 is 14.7 Å². The number of nitrogens with zero attached hydrogens (tertiary/aromatic N) is 3. The van der Waals surface area contributed by atoms with Crippen molar-refractivity contribution in [1.82, 2.24) is 19.8 Å². The Balaban J connectivity index is 2.17. The van der Waals surface area contributed by atoms with Gasteiger partial charge in [0, 0.05) is 32.5 Å². The van der Waals surface area contributed by atoms with Gasteiger partial charge in [0.2, 0.25) is 0 Å². The number of carbonyl (C=O) groups is 2. The lowest BCUT2D eigenvalue weighted by Gasteiger charge is -2.12. The van der Waals surface area contributed by atoms with Crippen LogP contribution in [-0.4, -0.2) is 51.8 Å². The number of rotatable bonds is 4. The maximum Gasteiger partial charge on any atom is 0.407 e. The first-order valence-corrected chi connectivity index (χ1v) is 4.81. The highest BCUT2D eigenvalue weighted by molar-refractivity contribution is 5.76. The van der Waals surface area contributed by atoms with E-state index in [0.29, 0.717) is 19.5 Å². The molecule has 1 rings (SSSR count). The molecule has 1 aromatic heterocycles. The number of hydrogen-bond donors (Lipinski definition) is 2. The van der Waals surface area contributed by atoms with Crippen molar-refractivity contribution in [2.75, 3.05) is 20.1 Å². The first-order chi connectivity index (χ1) is 7.61. The van der Waals surface area contributed by atoms with Gasteiger partial charge in [-0.15, -0.1) is 0 Å². The molecule has 0 fully saturated rings. The molecule has 0 aliphatic heterocycles. The minimum atomic E-state index is -0.971. The van der Waals surface area contributed by atoms with E-state index in [2.05, 4.69) is 10.3 Å². The van der Waals surface area contributed by atoms with Crippen molar-refractivity contribution in [2.45, 2.75) is 6.42 Å². The van der Waals surface area contributed by atoms with Gasteiger partial charge in [-0.05, 0) is 6.42 Å². The Hall–Kier alpha value is -2.05. The molecule has 0 bridgehead atoms. The summed E-state index contributed by atoms with van der Waals surface area (Å²) < 4.78 is 1.32. The van der Waals surface area contributed by atoms with Crippen LogP contribution in [0.15, 0.2) is 18.7 Å². The van der Waals surface area contributed by atoms with Crippen molar-refractivity contribution in [1.29, 1.82) is 0 Å². The van der Waals surface area contributed by atoms with Crippen LogP contribution in [0, 0.1) is 0 Å². The van der Waals surface area contributed by atoms with Gasteiger partial charge in [0.15, 0.2) is 0 Å². The predicted molar refractivity (Wildman–Crippen MR) is 56.3 cm³/mol. The van der Waals surface area contributed by atoms with E-state index in [1.807, 2.05) is 0 Å². The molecule has 2 N–H and O–H groups in total. The highest BCUT2D eigenvalue weighted by Crippen LogP contribution is 1.88. The maximum absolute atomic E-state index is 11.4. The molecule has 0 aliphatic carbocycles. The molecule has 0 saturated heterocycles. The molecule has 0 saturated carbocycles. The topological polar surface area (TPSA) is 87.5 Å². The maximum atomic E-state index is 11.4. The third kappa shape index (κ3) is 3.60. The molecule has 1 heterocycles. The van der Waals surface area contributed by atoms with Crippen LogP contribution in [0.4, 0.5) is 9.59 Å². The quantitative estimate of drug-likeness (QED) is 0.729. The molecule has 2 amide bonds. The Kier molecular flexibility index (Phi) is 4.31. The highest BCUT2D eigenvalue weighted by atomic mass is 16.4. The molecule has 7 nitrogen and oxygen atoms in total. The number of imidazole rings is 1. The largest absolute Gasteiger partial charge is 0.465 e. The average molecular weight is 226 g/mol. The van der Waals surface area contributed by atoms with Crippen LogP contribution < -0.4 is 5.32 Å². The summed E-state index contributed by atoms with van der Waals surface area (Å²) in [6, 6.07) is -0.268. The molecular weight excluding hydrogens is 212 g/mol. The van der Waals surface area contributed by atoms with Gasteiger partial charge in [-0.2, -0.15) is 0 Å². The van der Waals surface area contributed by atoms with Gasteiger partial charge >= 0.3 is 12.1 Å². The first kappa shape index (κ1) is 12.0. The summed E-state index contributed by atoms with van der Waals surface area (Å²) in [7, 11) is 1.49. The number of aromatic nitrogens is 2. The van der Waals surface area contributed by atoms with Gasteiger partial charge < -0.3 is 15.3 Å². The summed E-state index contributed by atoms with van der Waals surface area (Å²) in [6.07, 6.45) is 4.05. The number of hydrogen-bond acceptors (Lipinski definition) is 3. The number of carbonyl (C=O) groups excluding carboxylic acids is 1. The molecule has 0 aliphatic rings. The molecular formula is C9H14N4O3. The molecule has 0 atom stereocenters. The second kappa shape index (κ2) is 5.74. The van der Waals surface area contributed by atoms with E-state index in [1.54, 1.807) is 6.20 Å². The van der Waals surface area contributed by atoms with Gasteiger partial charge in [0.05, 0.1) is 0 Å². The predicted octanol–water partition coefficient (Wildman–Crippen LogP) is 0.441. The van der Waals surface area contributed by atoms with Crippen LogP contribution in [0.5, 0.6) is 0 Å². The van der Waals surface area contributed by atoms with E-state index in [9.17, 15) is 9.59 Å². The molecule has 0 spiro atoms. The van der Waals surface area contributed by atoms with E-state index in [4.69, 9.17) is 5.11 Å². The van der Waals surface area contributed by atoms with Crippen molar-refractivity contribution in [2.24, 2.45) is 0 Å². The Bertz CT molecular complexity index is 350. The minimum absolute atomic E-state index is 0.268. The summed E-state index contributed by atoms with van der Waals surface area (Å²) in [4.78, 5) is 26.7. The van der Waals surface area contributed by atoms with Crippen LogP contribution in [0.2, 0.25) is 0 Å². The fraction of sp³-hybridized carbons (Fsp3) is 0.444. The van der Waals surface area contributed by atoms with Crippen LogP contribution in [-0.2, 0) is 0 Å². The second-order valence-electron chi connectivity index (χ2n) is 3.26. The fourth-order valence-electron chi connectivity index (χ4n) is 1.08. The van der Waals surface area contributed by atoms with Gasteiger partial charge in [-0.1, -0.05) is 0 Å². The zero-order chi connectivity index (χ0) is 12.0. The molecule has 88 valence electrons. The standard InChI is InChI=1S/C9H14N4O3/c1-12(9(15)16)5-2-3-11-8(14)13-6-4-10-7-13/h4,6-7H,2-3,5H2,1H3,(H,11,14)(H,15,16). The van der Waals surface area contributed by atoms with E-state index in [-0.39, 0.29) is 6.03 Å². The SMILES string of the molecule is CN(CCCNC(=O)n1ccnc1)C(=O)O. The lowest BCUT2D eigenvalue weighted by Crippen LogP contribution is -2.32. The Labute approximate surface area is 92.7 Å². The van der Waals surface area contributed by atoms with Crippen LogP contribution in [0.1, 0.15) is 6.42 Å². The third-order valence-corrected chi connectivity index (χ3v) is 2.01. The zero-order valence-electron chi connectivity index (χ0n) is 8.96. The van der Waals surface area contributed by atoms with Crippen molar-refractivity contribution >= 4 is 12.1 Å². The summed E-state index contributed by atoms with van der Waals surface area (Å²) in [5, 5.41) is 11.2. The van der Waals surface area contributed by atoms with Gasteiger partial charge in [-0.3, -0.25) is 4.57 Å². The fourth-order valence-corrected chi connectivity index (χ4v) is 1.08. The van der Waals surface area contributed by atoms with E-state index >= 15 is 0 Å². The molecule has 0 radical (unpaired) electrons. The van der Waals surface area contributed by atoms with Crippen molar-refractivity contribution in [3.05, 3.63) is 18.7 Å². The van der Waals surface area contributed by atoms with Gasteiger partial charge in [-0.25, -0.2) is 14.6 Å². The number of amides is 2. The van der Waals surface area contributed by atoms with Gasteiger partial charge in [0.25, 0.3) is 0 Å². The van der Waals surface area contributed by atoms with E-state index < -0.39 is 6.09 Å². The van der Waals surface area contributed by atoms with Crippen LogP contribution in [0.25, 0.3) is 0 Å². The lowest BCUT2D eigenvalue weighted by atomic mass is 10.4. The average Bonchev–Trinajstić information content (AvgIpc) is 2.76. The lowest BCUT2D eigenvalue weighted by molar-refractivity contribution is 0.155. The minimum Gasteiger partial charge on any atom is -0.465 e. The number of nitrogens with one attached hydrogen (secondary N) is 1. The van der Waals surface area contributed by atoms with E-state index in [1.165, 1.54) is 29.0 Å².